The lowest BCUT2D eigenvalue weighted by atomic mass is 10.2. The molecule has 0 saturated heterocycles. The van der Waals surface area contributed by atoms with Gasteiger partial charge in [-0.3, -0.25) is 14.5 Å². The van der Waals surface area contributed by atoms with Crippen molar-refractivity contribution < 1.29 is 14.3 Å². The van der Waals surface area contributed by atoms with Crippen LogP contribution in [0, 0.1) is 0 Å². The zero-order chi connectivity index (χ0) is 20.2. The Kier molecular flexibility index (Phi) is 5.48. The minimum absolute atomic E-state index is 0.0834. The molecule has 2 heterocycles. The van der Waals surface area contributed by atoms with Gasteiger partial charge in [-0.1, -0.05) is 42.1 Å². The number of para-hydroxylation sites is 2. The molecule has 0 bridgehead atoms. The number of hydrogen-bond donors (Lipinski definition) is 1. The van der Waals surface area contributed by atoms with Gasteiger partial charge >= 0.3 is 0 Å². The lowest BCUT2D eigenvalue weighted by Crippen LogP contribution is -2.40. The fourth-order valence-corrected chi connectivity index (χ4v) is 4.18. The second-order valence-electron chi connectivity index (χ2n) is 6.41. The summed E-state index contributed by atoms with van der Waals surface area (Å²) in [5, 5.41) is 3.52. The maximum atomic E-state index is 13.2. The topological polar surface area (TPSA) is 71.5 Å². The smallest absolute Gasteiger partial charge is 0.261 e. The standard InChI is InChI=1S/C22H19N3O3S/c1-28-18-10-4-2-7-15(18)13-24-20(26)14-25-17-9-3-5-11-19(17)29-21-16(22(25)27)8-6-12-23-21/h2-12H,13-14H2,1H3,(H,24,26). The van der Waals surface area contributed by atoms with Crippen LogP contribution in [0.25, 0.3) is 0 Å². The van der Waals surface area contributed by atoms with E-state index in [4.69, 9.17) is 4.74 Å². The Bertz CT molecular complexity index is 1070. The van der Waals surface area contributed by atoms with Gasteiger partial charge in [-0.05, 0) is 30.3 Å². The van der Waals surface area contributed by atoms with E-state index in [-0.39, 0.29) is 18.4 Å². The van der Waals surface area contributed by atoms with Crippen molar-refractivity contribution in [3.63, 3.8) is 0 Å². The van der Waals surface area contributed by atoms with Crippen LogP contribution in [0.3, 0.4) is 0 Å². The molecule has 0 fully saturated rings. The summed E-state index contributed by atoms with van der Waals surface area (Å²) >= 11 is 1.43. The molecule has 0 aliphatic carbocycles. The highest BCUT2D eigenvalue weighted by molar-refractivity contribution is 7.99. The highest BCUT2D eigenvalue weighted by atomic mass is 32.2. The summed E-state index contributed by atoms with van der Waals surface area (Å²) in [5.41, 5.74) is 2.07. The Morgan fingerprint density at radius 1 is 1.10 bits per heavy atom. The molecule has 2 aromatic carbocycles. The van der Waals surface area contributed by atoms with Crippen LogP contribution in [-0.2, 0) is 11.3 Å². The zero-order valence-electron chi connectivity index (χ0n) is 15.8. The van der Waals surface area contributed by atoms with Crippen molar-refractivity contribution in [2.45, 2.75) is 16.5 Å². The SMILES string of the molecule is COc1ccccc1CNC(=O)CN1C(=O)c2cccnc2Sc2ccccc21. The summed E-state index contributed by atoms with van der Waals surface area (Å²) in [7, 11) is 1.59. The lowest BCUT2D eigenvalue weighted by molar-refractivity contribution is -0.119. The number of benzene rings is 2. The largest absolute Gasteiger partial charge is 0.496 e. The first kappa shape index (κ1) is 19.0. The number of pyridine rings is 1. The number of carbonyl (C=O) groups is 2. The normalized spacial score (nSPS) is 12.6. The molecule has 0 unspecified atom stereocenters. The van der Waals surface area contributed by atoms with Crippen LogP contribution in [0.4, 0.5) is 5.69 Å². The van der Waals surface area contributed by atoms with Gasteiger partial charge in [0.15, 0.2) is 0 Å². The maximum absolute atomic E-state index is 13.2. The third-order valence-corrected chi connectivity index (χ3v) is 5.66. The highest BCUT2D eigenvalue weighted by Crippen LogP contribution is 2.39. The van der Waals surface area contributed by atoms with Gasteiger partial charge in [0.25, 0.3) is 5.91 Å². The fourth-order valence-electron chi connectivity index (χ4n) is 3.16. The molecule has 0 spiro atoms. The predicted molar refractivity (Wildman–Crippen MR) is 111 cm³/mol. The van der Waals surface area contributed by atoms with Crippen LogP contribution < -0.4 is 15.0 Å². The lowest BCUT2D eigenvalue weighted by Gasteiger charge is -2.22. The van der Waals surface area contributed by atoms with Gasteiger partial charge in [0.2, 0.25) is 5.91 Å². The summed E-state index contributed by atoms with van der Waals surface area (Å²) < 4.78 is 5.32. The number of nitrogens with one attached hydrogen (secondary N) is 1. The molecular weight excluding hydrogens is 386 g/mol. The molecule has 1 aliphatic rings. The number of aromatic nitrogens is 1. The summed E-state index contributed by atoms with van der Waals surface area (Å²) in [6, 6.07) is 18.5. The molecule has 0 radical (unpaired) electrons. The summed E-state index contributed by atoms with van der Waals surface area (Å²) in [5.74, 6) is 0.217. The van der Waals surface area contributed by atoms with Crippen LogP contribution in [0.5, 0.6) is 5.75 Å². The third kappa shape index (κ3) is 3.95. The third-order valence-electron chi connectivity index (χ3n) is 4.58. The second-order valence-corrected chi connectivity index (χ2v) is 7.44. The molecule has 1 aromatic heterocycles. The predicted octanol–water partition coefficient (Wildman–Crippen LogP) is 3.52. The molecule has 7 heteroatoms. The summed E-state index contributed by atoms with van der Waals surface area (Å²) in [6.07, 6.45) is 1.66. The van der Waals surface area contributed by atoms with Gasteiger partial charge in [-0.15, -0.1) is 0 Å². The molecule has 6 nitrogen and oxygen atoms in total. The van der Waals surface area contributed by atoms with Crippen LogP contribution in [-0.4, -0.2) is 30.5 Å². The first-order valence-electron chi connectivity index (χ1n) is 9.09. The van der Waals surface area contributed by atoms with E-state index in [1.165, 1.54) is 16.7 Å². The van der Waals surface area contributed by atoms with Crippen LogP contribution >= 0.6 is 11.8 Å². The number of hydrogen-bond acceptors (Lipinski definition) is 5. The van der Waals surface area contributed by atoms with Gasteiger partial charge in [0.1, 0.15) is 17.3 Å². The fraction of sp³-hybridized carbons (Fsp3) is 0.136. The van der Waals surface area contributed by atoms with Gasteiger partial charge in [-0.2, -0.15) is 0 Å². The van der Waals surface area contributed by atoms with E-state index in [2.05, 4.69) is 10.3 Å². The van der Waals surface area contributed by atoms with Crippen molar-refractivity contribution in [1.82, 2.24) is 10.3 Å². The van der Waals surface area contributed by atoms with E-state index < -0.39 is 0 Å². The Hall–Kier alpha value is -3.32. The Morgan fingerprint density at radius 3 is 2.76 bits per heavy atom. The Morgan fingerprint density at radius 2 is 1.90 bits per heavy atom. The average molecular weight is 405 g/mol. The number of ether oxygens (including phenoxy) is 1. The molecule has 146 valence electrons. The van der Waals surface area contributed by atoms with E-state index in [1.807, 2.05) is 48.5 Å². The van der Waals surface area contributed by atoms with Crippen molar-refractivity contribution in [2.75, 3.05) is 18.6 Å². The molecule has 0 saturated carbocycles. The zero-order valence-corrected chi connectivity index (χ0v) is 16.6. The monoisotopic (exact) mass is 405 g/mol. The number of methoxy groups -OCH3 is 1. The van der Waals surface area contributed by atoms with E-state index in [9.17, 15) is 9.59 Å². The molecule has 29 heavy (non-hydrogen) atoms. The van der Waals surface area contributed by atoms with Crippen molar-refractivity contribution in [3.05, 3.63) is 78.0 Å². The van der Waals surface area contributed by atoms with Crippen molar-refractivity contribution in [3.8, 4) is 5.75 Å². The first-order valence-corrected chi connectivity index (χ1v) is 9.91. The number of nitrogens with zero attached hydrogens (tertiary/aromatic N) is 2. The number of amides is 2. The number of carbonyl (C=O) groups excluding carboxylic acids is 2. The first-order chi connectivity index (χ1) is 14.2. The van der Waals surface area contributed by atoms with Crippen LogP contribution in [0.15, 0.2) is 76.8 Å². The molecule has 4 rings (SSSR count). The highest BCUT2D eigenvalue weighted by Gasteiger charge is 2.29. The number of anilines is 1. The van der Waals surface area contributed by atoms with E-state index in [1.54, 1.807) is 25.4 Å². The molecule has 1 aliphatic heterocycles. The minimum Gasteiger partial charge on any atom is -0.496 e. The van der Waals surface area contributed by atoms with Crippen LogP contribution in [0.1, 0.15) is 15.9 Å². The summed E-state index contributed by atoms with van der Waals surface area (Å²) in [4.78, 5) is 32.6. The van der Waals surface area contributed by atoms with Gasteiger partial charge < -0.3 is 10.1 Å². The van der Waals surface area contributed by atoms with Crippen molar-refractivity contribution >= 4 is 29.3 Å². The van der Waals surface area contributed by atoms with Gasteiger partial charge in [0, 0.05) is 23.2 Å². The maximum Gasteiger partial charge on any atom is 0.261 e. The Balaban J connectivity index is 1.57. The Labute approximate surface area is 172 Å². The van der Waals surface area contributed by atoms with Crippen molar-refractivity contribution in [1.29, 1.82) is 0 Å². The van der Waals surface area contributed by atoms with Crippen molar-refractivity contribution in [2.24, 2.45) is 0 Å². The quantitative estimate of drug-likeness (QED) is 0.703. The minimum atomic E-state index is -0.253. The molecular formula is C22H19N3O3S. The summed E-state index contributed by atoms with van der Waals surface area (Å²) in [6.45, 7) is 0.235. The molecule has 3 aromatic rings. The molecule has 2 amide bonds. The van der Waals surface area contributed by atoms with E-state index in [0.717, 1.165) is 10.5 Å². The van der Waals surface area contributed by atoms with E-state index in [0.29, 0.717) is 28.6 Å². The number of fused-ring (bicyclic) bond motifs is 2. The van der Waals surface area contributed by atoms with Crippen LogP contribution in [0.2, 0.25) is 0 Å². The molecule has 1 N–H and O–H groups in total. The average Bonchev–Trinajstić information content (AvgIpc) is 2.87. The molecule has 0 atom stereocenters. The van der Waals surface area contributed by atoms with Gasteiger partial charge in [0.05, 0.1) is 18.4 Å². The number of rotatable bonds is 5. The van der Waals surface area contributed by atoms with E-state index >= 15 is 0 Å². The van der Waals surface area contributed by atoms with Gasteiger partial charge in [-0.25, -0.2) is 4.98 Å². The second kappa shape index (κ2) is 8.36.